The Morgan fingerprint density at radius 1 is 1.38 bits per heavy atom. The minimum absolute atomic E-state index is 0.703. The number of hydrogen-bond donors (Lipinski definition) is 0. The lowest BCUT2D eigenvalue weighted by molar-refractivity contribution is 0.895. The molecule has 0 aromatic carbocycles. The summed E-state index contributed by atoms with van der Waals surface area (Å²) in [4.78, 5) is 4.44. The van der Waals surface area contributed by atoms with E-state index in [9.17, 15) is 0 Å². The SMILES string of the molecule is Cc1cnn2cc(C3CC3)ncc12. The first-order chi connectivity index (χ1) is 6.34. The zero-order chi connectivity index (χ0) is 8.84. The molecule has 1 aliphatic rings. The molecule has 0 bridgehead atoms. The predicted molar refractivity (Wildman–Crippen MR) is 49.7 cm³/mol. The van der Waals surface area contributed by atoms with Crippen LogP contribution in [0.4, 0.5) is 0 Å². The fraction of sp³-hybridized carbons (Fsp3) is 0.400. The maximum Gasteiger partial charge on any atom is 0.0874 e. The molecule has 3 heteroatoms. The number of aryl methyl sites for hydroxylation is 1. The number of nitrogens with zero attached hydrogens (tertiary/aromatic N) is 3. The van der Waals surface area contributed by atoms with Crippen molar-refractivity contribution in [3.8, 4) is 0 Å². The van der Waals surface area contributed by atoms with Gasteiger partial charge in [0.1, 0.15) is 0 Å². The summed E-state index contributed by atoms with van der Waals surface area (Å²) < 4.78 is 1.93. The maximum absolute atomic E-state index is 4.44. The molecule has 2 aromatic heterocycles. The second-order valence-electron chi connectivity index (χ2n) is 3.74. The van der Waals surface area contributed by atoms with Crippen LogP contribution in [0, 0.1) is 6.92 Å². The van der Waals surface area contributed by atoms with Crippen molar-refractivity contribution in [1.82, 2.24) is 14.6 Å². The average molecular weight is 173 g/mol. The molecule has 3 rings (SSSR count). The minimum atomic E-state index is 0.703. The molecule has 0 saturated heterocycles. The Morgan fingerprint density at radius 2 is 2.23 bits per heavy atom. The van der Waals surface area contributed by atoms with E-state index in [2.05, 4.69) is 23.2 Å². The van der Waals surface area contributed by atoms with Gasteiger partial charge in [0.2, 0.25) is 0 Å². The maximum atomic E-state index is 4.44. The Kier molecular flexibility index (Phi) is 1.26. The molecule has 2 heterocycles. The van der Waals surface area contributed by atoms with Gasteiger partial charge in [-0.3, -0.25) is 4.98 Å². The second-order valence-corrected chi connectivity index (χ2v) is 3.74. The van der Waals surface area contributed by atoms with Gasteiger partial charge in [-0.15, -0.1) is 0 Å². The van der Waals surface area contributed by atoms with Gasteiger partial charge >= 0.3 is 0 Å². The zero-order valence-corrected chi connectivity index (χ0v) is 7.57. The highest BCUT2D eigenvalue weighted by molar-refractivity contribution is 5.51. The van der Waals surface area contributed by atoms with Gasteiger partial charge in [-0.2, -0.15) is 5.10 Å². The largest absolute Gasteiger partial charge is 0.257 e. The van der Waals surface area contributed by atoms with E-state index in [1.807, 2.05) is 16.9 Å². The third-order valence-electron chi connectivity index (χ3n) is 2.61. The van der Waals surface area contributed by atoms with Gasteiger partial charge in [0, 0.05) is 5.92 Å². The van der Waals surface area contributed by atoms with Crippen LogP contribution in [0.3, 0.4) is 0 Å². The van der Waals surface area contributed by atoms with Crippen molar-refractivity contribution in [1.29, 1.82) is 0 Å². The molecule has 1 fully saturated rings. The van der Waals surface area contributed by atoms with E-state index >= 15 is 0 Å². The first-order valence-electron chi connectivity index (χ1n) is 4.64. The van der Waals surface area contributed by atoms with Gasteiger partial charge in [0.25, 0.3) is 0 Å². The molecule has 0 unspecified atom stereocenters. The summed E-state index contributed by atoms with van der Waals surface area (Å²) in [5.74, 6) is 0.703. The van der Waals surface area contributed by atoms with E-state index in [1.54, 1.807) is 0 Å². The highest BCUT2D eigenvalue weighted by Crippen LogP contribution is 2.38. The summed E-state index contributed by atoms with van der Waals surface area (Å²) in [7, 11) is 0. The predicted octanol–water partition coefficient (Wildman–Crippen LogP) is 1.92. The number of rotatable bonds is 1. The van der Waals surface area contributed by atoms with Crippen molar-refractivity contribution in [2.24, 2.45) is 0 Å². The Morgan fingerprint density at radius 3 is 3.00 bits per heavy atom. The zero-order valence-electron chi connectivity index (χ0n) is 7.57. The van der Waals surface area contributed by atoms with Gasteiger partial charge in [0.05, 0.1) is 29.8 Å². The van der Waals surface area contributed by atoms with E-state index < -0.39 is 0 Å². The van der Waals surface area contributed by atoms with Crippen LogP contribution in [0.15, 0.2) is 18.6 Å². The summed E-state index contributed by atoms with van der Waals surface area (Å²) in [5, 5.41) is 4.27. The normalized spacial score (nSPS) is 16.7. The number of fused-ring (bicyclic) bond motifs is 1. The van der Waals surface area contributed by atoms with E-state index in [1.165, 1.54) is 24.1 Å². The molecule has 0 radical (unpaired) electrons. The lowest BCUT2D eigenvalue weighted by atomic mass is 10.3. The van der Waals surface area contributed by atoms with E-state index in [0.717, 1.165) is 5.52 Å². The van der Waals surface area contributed by atoms with Crippen molar-refractivity contribution in [2.75, 3.05) is 0 Å². The van der Waals surface area contributed by atoms with Crippen molar-refractivity contribution in [3.05, 3.63) is 29.8 Å². The third-order valence-corrected chi connectivity index (χ3v) is 2.61. The van der Waals surface area contributed by atoms with Crippen LogP contribution in [0.5, 0.6) is 0 Å². The summed E-state index contributed by atoms with van der Waals surface area (Å²) in [6.45, 7) is 2.06. The molecule has 0 aliphatic heterocycles. The van der Waals surface area contributed by atoms with Crippen LogP contribution in [0.1, 0.15) is 30.0 Å². The Labute approximate surface area is 76.4 Å². The molecular weight excluding hydrogens is 162 g/mol. The fourth-order valence-electron chi connectivity index (χ4n) is 1.61. The van der Waals surface area contributed by atoms with Crippen molar-refractivity contribution in [2.45, 2.75) is 25.7 Å². The fourth-order valence-corrected chi connectivity index (χ4v) is 1.61. The highest BCUT2D eigenvalue weighted by atomic mass is 15.2. The van der Waals surface area contributed by atoms with Crippen molar-refractivity contribution < 1.29 is 0 Å². The Bertz CT molecular complexity index is 454. The first-order valence-corrected chi connectivity index (χ1v) is 4.64. The van der Waals surface area contributed by atoms with E-state index in [4.69, 9.17) is 0 Å². The molecule has 66 valence electrons. The van der Waals surface area contributed by atoms with Crippen LogP contribution < -0.4 is 0 Å². The monoisotopic (exact) mass is 173 g/mol. The molecule has 1 saturated carbocycles. The molecule has 3 nitrogen and oxygen atoms in total. The molecule has 0 amide bonds. The van der Waals surface area contributed by atoms with Crippen LogP contribution in [-0.2, 0) is 0 Å². The summed E-state index contributed by atoms with van der Waals surface area (Å²) in [5.41, 5.74) is 3.50. The number of aromatic nitrogens is 3. The standard InChI is InChI=1S/C10H11N3/c1-7-4-12-13-6-9(8-2-3-8)11-5-10(7)13/h4-6,8H,2-3H2,1H3. The Hall–Kier alpha value is -1.38. The topological polar surface area (TPSA) is 30.2 Å². The molecule has 0 N–H and O–H groups in total. The first kappa shape index (κ1) is 7.06. The van der Waals surface area contributed by atoms with Gasteiger partial charge in [-0.05, 0) is 25.3 Å². The molecule has 2 aromatic rings. The summed E-state index contributed by atoms with van der Waals surface area (Å²) in [6.07, 6.45) is 8.45. The van der Waals surface area contributed by atoms with Crippen LogP contribution in [-0.4, -0.2) is 14.6 Å². The summed E-state index contributed by atoms with van der Waals surface area (Å²) >= 11 is 0. The van der Waals surface area contributed by atoms with Crippen molar-refractivity contribution >= 4 is 5.52 Å². The van der Waals surface area contributed by atoms with Gasteiger partial charge in [0.15, 0.2) is 0 Å². The van der Waals surface area contributed by atoms with Crippen molar-refractivity contribution in [3.63, 3.8) is 0 Å². The number of hydrogen-bond acceptors (Lipinski definition) is 2. The smallest absolute Gasteiger partial charge is 0.0874 e. The lowest BCUT2D eigenvalue weighted by Gasteiger charge is -1.98. The van der Waals surface area contributed by atoms with Crippen LogP contribution in [0.25, 0.3) is 5.52 Å². The Balaban J connectivity index is 2.21. The van der Waals surface area contributed by atoms with Crippen LogP contribution in [0.2, 0.25) is 0 Å². The van der Waals surface area contributed by atoms with E-state index in [0.29, 0.717) is 5.92 Å². The van der Waals surface area contributed by atoms with E-state index in [-0.39, 0.29) is 0 Å². The molecule has 1 aliphatic carbocycles. The highest BCUT2D eigenvalue weighted by Gasteiger charge is 2.25. The summed E-state index contributed by atoms with van der Waals surface area (Å²) in [6, 6.07) is 0. The molecule has 0 atom stereocenters. The van der Waals surface area contributed by atoms with Gasteiger partial charge in [-0.25, -0.2) is 4.52 Å². The average Bonchev–Trinajstić information content (AvgIpc) is 2.93. The lowest BCUT2D eigenvalue weighted by Crippen LogP contribution is -1.93. The molecular formula is C10H11N3. The van der Waals surface area contributed by atoms with Crippen LogP contribution >= 0.6 is 0 Å². The quantitative estimate of drug-likeness (QED) is 0.659. The second kappa shape index (κ2) is 2.31. The van der Waals surface area contributed by atoms with Gasteiger partial charge < -0.3 is 0 Å². The third kappa shape index (κ3) is 1.03. The minimum Gasteiger partial charge on any atom is -0.257 e. The molecule has 13 heavy (non-hydrogen) atoms. The molecule has 0 spiro atoms. The van der Waals surface area contributed by atoms with Gasteiger partial charge in [-0.1, -0.05) is 0 Å².